The van der Waals surface area contributed by atoms with Crippen molar-refractivity contribution in [1.29, 1.82) is 0 Å². The second-order valence-corrected chi connectivity index (χ2v) is 3.69. The van der Waals surface area contributed by atoms with E-state index in [4.69, 9.17) is 0 Å². The molecule has 1 atom stereocenters. The molecule has 0 aliphatic carbocycles. The third-order valence-corrected chi connectivity index (χ3v) is 2.35. The number of nitrogens with one attached hydrogen (secondary N) is 1. The van der Waals surface area contributed by atoms with E-state index in [2.05, 4.69) is 17.2 Å². The highest BCUT2D eigenvalue weighted by Crippen LogP contribution is 2.29. The Labute approximate surface area is 104 Å². The molecule has 18 heavy (non-hydrogen) atoms. The molecule has 1 unspecified atom stereocenters. The lowest BCUT2D eigenvalue weighted by Crippen LogP contribution is -2.21. The molecular formula is C13H14F3NO. The molecule has 0 spiro atoms. The van der Waals surface area contributed by atoms with Crippen molar-refractivity contribution in [2.45, 2.75) is 19.2 Å². The molecule has 0 aliphatic rings. The molecule has 0 aliphatic heterocycles. The maximum Gasteiger partial charge on any atom is 0.416 e. The van der Waals surface area contributed by atoms with Crippen molar-refractivity contribution in [3.8, 4) is 11.8 Å². The summed E-state index contributed by atoms with van der Waals surface area (Å²) in [6, 6.07) is 4.48. The van der Waals surface area contributed by atoms with Crippen LogP contribution in [0.3, 0.4) is 0 Å². The van der Waals surface area contributed by atoms with E-state index >= 15 is 0 Å². The van der Waals surface area contributed by atoms with Gasteiger partial charge < -0.3 is 10.4 Å². The van der Waals surface area contributed by atoms with E-state index in [0.717, 1.165) is 12.1 Å². The van der Waals surface area contributed by atoms with E-state index in [1.54, 1.807) is 6.92 Å². The van der Waals surface area contributed by atoms with Gasteiger partial charge in [0, 0.05) is 6.54 Å². The highest BCUT2D eigenvalue weighted by Gasteiger charge is 2.30. The topological polar surface area (TPSA) is 32.3 Å². The number of rotatable bonds is 4. The molecule has 5 heteroatoms. The third kappa shape index (κ3) is 4.40. The molecular weight excluding hydrogens is 243 g/mol. The number of hydrogen-bond donors (Lipinski definition) is 2. The van der Waals surface area contributed by atoms with Gasteiger partial charge in [-0.2, -0.15) is 13.2 Å². The lowest BCUT2D eigenvalue weighted by Gasteiger charge is -2.12. The quantitative estimate of drug-likeness (QED) is 0.641. The van der Waals surface area contributed by atoms with Crippen molar-refractivity contribution in [3.63, 3.8) is 0 Å². The zero-order valence-electron chi connectivity index (χ0n) is 9.88. The number of aliphatic hydroxyl groups excluding tert-OH is 1. The Kier molecular flexibility index (Phi) is 5.20. The normalized spacial score (nSPS) is 12.7. The van der Waals surface area contributed by atoms with Crippen LogP contribution in [-0.2, 0) is 6.18 Å². The van der Waals surface area contributed by atoms with Gasteiger partial charge in [0.2, 0.25) is 0 Å². The Bertz CT molecular complexity index is 428. The molecule has 0 aromatic heterocycles. The smallest absolute Gasteiger partial charge is 0.387 e. The van der Waals surface area contributed by atoms with Crippen molar-refractivity contribution in [1.82, 2.24) is 5.32 Å². The molecule has 0 amide bonds. The summed E-state index contributed by atoms with van der Waals surface area (Å²) in [5.41, 5.74) is -0.275. The van der Waals surface area contributed by atoms with Gasteiger partial charge in [0.25, 0.3) is 0 Å². The molecule has 2 nitrogen and oxygen atoms in total. The lowest BCUT2D eigenvalue weighted by molar-refractivity contribution is -0.137. The summed E-state index contributed by atoms with van der Waals surface area (Å²) in [5.74, 6) is 5.45. The highest BCUT2D eigenvalue weighted by molar-refractivity contribution is 5.26. The zero-order chi connectivity index (χ0) is 13.6. The van der Waals surface area contributed by atoms with Crippen LogP contribution in [0.1, 0.15) is 24.2 Å². The van der Waals surface area contributed by atoms with Crippen molar-refractivity contribution in [3.05, 3.63) is 35.4 Å². The van der Waals surface area contributed by atoms with Crippen LogP contribution < -0.4 is 5.32 Å². The molecule has 1 aromatic carbocycles. The predicted molar refractivity (Wildman–Crippen MR) is 62.7 cm³/mol. The Morgan fingerprint density at radius 2 is 1.89 bits per heavy atom. The van der Waals surface area contributed by atoms with Crippen molar-refractivity contribution >= 4 is 0 Å². The first-order valence-electron chi connectivity index (χ1n) is 5.40. The Hall–Kier alpha value is -1.51. The molecule has 1 rings (SSSR count). The van der Waals surface area contributed by atoms with Gasteiger partial charge in [-0.25, -0.2) is 0 Å². The van der Waals surface area contributed by atoms with Gasteiger partial charge in [-0.05, 0) is 24.6 Å². The fourth-order valence-corrected chi connectivity index (χ4v) is 1.37. The standard InChI is InChI=1S/C13H14F3NO/c1-2-3-8-17-9-12(18)10-4-6-11(7-5-10)13(14,15)16/h4-7,12,17-18H,8-9H2,1H3. The summed E-state index contributed by atoms with van der Waals surface area (Å²) >= 11 is 0. The molecule has 0 heterocycles. The highest BCUT2D eigenvalue weighted by atomic mass is 19.4. The van der Waals surface area contributed by atoms with Crippen LogP contribution in [0, 0.1) is 11.8 Å². The first-order chi connectivity index (χ1) is 8.45. The average molecular weight is 257 g/mol. The second-order valence-electron chi connectivity index (χ2n) is 3.69. The summed E-state index contributed by atoms with van der Waals surface area (Å²) in [6.07, 6.45) is -5.19. The molecule has 98 valence electrons. The summed E-state index contributed by atoms with van der Waals surface area (Å²) in [4.78, 5) is 0. The van der Waals surface area contributed by atoms with Crippen LogP contribution in [0.5, 0.6) is 0 Å². The molecule has 1 aromatic rings. The first-order valence-corrected chi connectivity index (χ1v) is 5.40. The van der Waals surface area contributed by atoms with Gasteiger partial charge in [0.15, 0.2) is 0 Å². The monoisotopic (exact) mass is 257 g/mol. The van der Waals surface area contributed by atoms with Gasteiger partial charge in [0.05, 0.1) is 18.2 Å². The van der Waals surface area contributed by atoms with Gasteiger partial charge >= 0.3 is 6.18 Å². The molecule has 0 saturated carbocycles. The van der Waals surface area contributed by atoms with Crippen LogP contribution in [0.4, 0.5) is 13.2 Å². The number of aliphatic hydroxyl groups is 1. The number of benzene rings is 1. The Balaban J connectivity index is 2.58. The fraction of sp³-hybridized carbons (Fsp3) is 0.385. The van der Waals surface area contributed by atoms with E-state index in [9.17, 15) is 18.3 Å². The van der Waals surface area contributed by atoms with Crippen LogP contribution in [0.25, 0.3) is 0 Å². The zero-order valence-corrected chi connectivity index (χ0v) is 9.88. The fourth-order valence-electron chi connectivity index (χ4n) is 1.37. The van der Waals surface area contributed by atoms with Crippen LogP contribution in [0.15, 0.2) is 24.3 Å². The third-order valence-electron chi connectivity index (χ3n) is 2.35. The summed E-state index contributed by atoms with van der Waals surface area (Å²) in [7, 11) is 0. The minimum Gasteiger partial charge on any atom is -0.387 e. The SMILES string of the molecule is CC#CCNCC(O)c1ccc(C(F)(F)F)cc1. The number of halogens is 3. The Morgan fingerprint density at radius 1 is 1.28 bits per heavy atom. The largest absolute Gasteiger partial charge is 0.416 e. The minimum absolute atomic E-state index is 0.250. The maximum atomic E-state index is 12.3. The van der Waals surface area contributed by atoms with E-state index in [-0.39, 0.29) is 6.54 Å². The molecule has 0 radical (unpaired) electrons. The van der Waals surface area contributed by atoms with Gasteiger partial charge in [0.1, 0.15) is 0 Å². The van der Waals surface area contributed by atoms with Gasteiger partial charge in [-0.3, -0.25) is 0 Å². The number of hydrogen-bond acceptors (Lipinski definition) is 2. The first kappa shape index (κ1) is 14.6. The van der Waals surface area contributed by atoms with E-state index in [1.165, 1.54) is 12.1 Å². The molecule has 0 bridgehead atoms. The maximum absolute atomic E-state index is 12.3. The van der Waals surface area contributed by atoms with Gasteiger partial charge in [-0.1, -0.05) is 18.1 Å². The van der Waals surface area contributed by atoms with E-state index in [1.807, 2.05) is 0 Å². The number of alkyl halides is 3. The van der Waals surface area contributed by atoms with E-state index < -0.39 is 17.8 Å². The summed E-state index contributed by atoms with van der Waals surface area (Å²) in [6.45, 7) is 2.39. The average Bonchev–Trinajstić information content (AvgIpc) is 2.33. The van der Waals surface area contributed by atoms with Crippen molar-refractivity contribution in [2.24, 2.45) is 0 Å². The molecule has 0 fully saturated rings. The lowest BCUT2D eigenvalue weighted by atomic mass is 10.1. The minimum atomic E-state index is -4.35. The van der Waals surface area contributed by atoms with Crippen LogP contribution in [0.2, 0.25) is 0 Å². The summed E-state index contributed by atoms with van der Waals surface area (Å²) in [5, 5.41) is 12.6. The van der Waals surface area contributed by atoms with E-state index in [0.29, 0.717) is 12.1 Å². The summed E-state index contributed by atoms with van der Waals surface area (Å²) < 4.78 is 37.0. The van der Waals surface area contributed by atoms with Gasteiger partial charge in [-0.15, -0.1) is 5.92 Å². The van der Waals surface area contributed by atoms with Crippen LogP contribution in [-0.4, -0.2) is 18.2 Å². The Morgan fingerprint density at radius 3 is 2.39 bits per heavy atom. The second kappa shape index (κ2) is 6.43. The predicted octanol–water partition coefficient (Wildman–Crippen LogP) is 2.35. The molecule has 2 N–H and O–H groups in total. The molecule has 0 saturated heterocycles. The van der Waals surface area contributed by atoms with Crippen LogP contribution >= 0.6 is 0 Å². The van der Waals surface area contributed by atoms with Crippen molar-refractivity contribution < 1.29 is 18.3 Å². The van der Waals surface area contributed by atoms with Crippen molar-refractivity contribution in [2.75, 3.05) is 13.1 Å².